The van der Waals surface area contributed by atoms with Gasteiger partial charge in [0.05, 0.1) is 5.02 Å². The molecule has 0 aliphatic carbocycles. The third-order valence-electron chi connectivity index (χ3n) is 2.98. The second-order valence-electron chi connectivity index (χ2n) is 4.75. The van der Waals surface area contributed by atoms with Gasteiger partial charge in [0, 0.05) is 13.0 Å². The lowest BCUT2D eigenvalue weighted by atomic mass is 10.0. The second kappa shape index (κ2) is 8.12. The Bertz CT molecular complexity index is 426. The number of halogens is 2. The molecule has 1 unspecified atom stereocenters. The highest BCUT2D eigenvalue weighted by atomic mass is 35.5. The van der Waals surface area contributed by atoms with Crippen molar-refractivity contribution in [3.8, 4) is 0 Å². The van der Waals surface area contributed by atoms with Gasteiger partial charge in [0.2, 0.25) is 0 Å². The zero-order chi connectivity index (χ0) is 14.3. The van der Waals surface area contributed by atoms with Crippen LogP contribution in [-0.2, 0) is 11.3 Å². The molecule has 1 aromatic carbocycles. The van der Waals surface area contributed by atoms with E-state index in [4.69, 9.17) is 16.7 Å². The van der Waals surface area contributed by atoms with E-state index in [1.165, 1.54) is 6.07 Å². The van der Waals surface area contributed by atoms with Gasteiger partial charge in [0.25, 0.3) is 0 Å². The van der Waals surface area contributed by atoms with Gasteiger partial charge in [-0.2, -0.15) is 0 Å². The lowest BCUT2D eigenvalue weighted by Crippen LogP contribution is -2.17. The molecule has 0 aliphatic rings. The van der Waals surface area contributed by atoms with Gasteiger partial charge >= 0.3 is 5.97 Å². The summed E-state index contributed by atoms with van der Waals surface area (Å²) >= 11 is 5.69. The van der Waals surface area contributed by atoms with Gasteiger partial charge in [-0.3, -0.25) is 4.79 Å². The molecule has 19 heavy (non-hydrogen) atoms. The quantitative estimate of drug-likeness (QED) is 0.720. The third kappa shape index (κ3) is 6.55. The highest BCUT2D eigenvalue weighted by Gasteiger charge is 2.05. The van der Waals surface area contributed by atoms with Gasteiger partial charge in [-0.05, 0) is 43.0 Å². The first-order chi connectivity index (χ1) is 8.99. The average molecular weight is 288 g/mol. The van der Waals surface area contributed by atoms with Crippen LogP contribution in [0.5, 0.6) is 0 Å². The fourth-order valence-corrected chi connectivity index (χ4v) is 1.95. The highest BCUT2D eigenvalue weighted by Crippen LogP contribution is 2.16. The summed E-state index contributed by atoms with van der Waals surface area (Å²) < 4.78 is 12.9. The predicted molar refractivity (Wildman–Crippen MR) is 73.8 cm³/mol. The summed E-state index contributed by atoms with van der Waals surface area (Å²) in [6.07, 6.45) is 1.83. The van der Waals surface area contributed by atoms with E-state index < -0.39 is 11.8 Å². The molecule has 0 aliphatic heterocycles. The molecule has 0 fully saturated rings. The van der Waals surface area contributed by atoms with Gasteiger partial charge in [-0.15, -0.1) is 0 Å². The molecule has 0 bridgehead atoms. The summed E-state index contributed by atoms with van der Waals surface area (Å²) in [5, 5.41) is 11.9. The molecule has 1 atom stereocenters. The summed E-state index contributed by atoms with van der Waals surface area (Å²) in [6, 6.07) is 4.66. The lowest BCUT2D eigenvalue weighted by Gasteiger charge is -2.11. The second-order valence-corrected chi connectivity index (χ2v) is 5.16. The van der Waals surface area contributed by atoms with Crippen LogP contribution in [-0.4, -0.2) is 17.6 Å². The van der Waals surface area contributed by atoms with E-state index in [9.17, 15) is 9.18 Å². The van der Waals surface area contributed by atoms with Crippen LogP contribution in [0.3, 0.4) is 0 Å². The van der Waals surface area contributed by atoms with Crippen LogP contribution in [0.2, 0.25) is 5.02 Å². The van der Waals surface area contributed by atoms with Crippen molar-refractivity contribution in [1.29, 1.82) is 0 Å². The molecule has 0 aromatic heterocycles. The Morgan fingerprint density at radius 1 is 1.47 bits per heavy atom. The molecule has 0 saturated carbocycles. The summed E-state index contributed by atoms with van der Waals surface area (Å²) in [7, 11) is 0. The van der Waals surface area contributed by atoms with E-state index in [1.54, 1.807) is 12.1 Å². The van der Waals surface area contributed by atoms with Crippen molar-refractivity contribution in [2.24, 2.45) is 5.92 Å². The molecule has 2 N–H and O–H groups in total. The molecule has 3 nitrogen and oxygen atoms in total. The van der Waals surface area contributed by atoms with Crippen molar-refractivity contribution in [3.05, 3.63) is 34.6 Å². The molecule has 0 amide bonds. The predicted octanol–water partition coefficient (Wildman–Crippen LogP) is 3.46. The minimum Gasteiger partial charge on any atom is -0.481 e. The maximum absolute atomic E-state index is 12.9. The first-order valence-electron chi connectivity index (χ1n) is 6.35. The van der Waals surface area contributed by atoms with Crippen molar-refractivity contribution in [3.63, 3.8) is 0 Å². The Morgan fingerprint density at radius 3 is 2.84 bits per heavy atom. The number of rotatable bonds is 8. The maximum atomic E-state index is 12.9. The molecule has 0 heterocycles. The van der Waals surface area contributed by atoms with Crippen LogP contribution in [0.4, 0.5) is 4.39 Å². The number of benzene rings is 1. The zero-order valence-electron chi connectivity index (χ0n) is 11.0. The van der Waals surface area contributed by atoms with Crippen molar-refractivity contribution in [2.45, 2.75) is 32.7 Å². The number of carboxylic acids is 1. The minimum absolute atomic E-state index is 0.133. The van der Waals surface area contributed by atoms with Crippen LogP contribution < -0.4 is 5.32 Å². The van der Waals surface area contributed by atoms with Crippen LogP contribution in [0.15, 0.2) is 18.2 Å². The summed E-state index contributed by atoms with van der Waals surface area (Å²) in [5.74, 6) is -0.783. The molecular formula is C14H19ClFNO2. The van der Waals surface area contributed by atoms with Crippen molar-refractivity contribution in [2.75, 3.05) is 6.54 Å². The standard InChI is InChI=1S/C14H19ClFNO2/c1-10(2-5-14(18)19)6-7-17-9-11-3-4-13(16)12(15)8-11/h3-4,8,10,17H,2,5-7,9H2,1H3,(H,18,19). The molecule has 106 valence electrons. The summed E-state index contributed by atoms with van der Waals surface area (Å²) in [4.78, 5) is 10.4. The van der Waals surface area contributed by atoms with Gasteiger partial charge in [-0.25, -0.2) is 4.39 Å². The van der Waals surface area contributed by atoms with E-state index in [1.807, 2.05) is 6.92 Å². The maximum Gasteiger partial charge on any atom is 0.303 e. The number of hydrogen-bond donors (Lipinski definition) is 2. The molecular weight excluding hydrogens is 269 g/mol. The van der Waals surface area contributed by atoms with E-state index in [0.29, 0.717) is 18.9 Å². The fraction of sp³-hybridized carbons (Fsp3) is 0.500. The van der Waals surface area contributed by atoms with Gasteiger partial charge in [0.15, 0.2) is 0 Å². The molecule has 1 rings (SSSR count). The van der Waals surface area contributed by atoms with E-state index in [-0.39, 0.29) is 11.4 Å². The number of aliphatic carboxylic acids is 1. The fourth-order valence-electron chi connectivity index (χ4n) is 1.74. The Balaban J connectivity index is 2.19. The summed E-state index contributed by atoms with van der Waals surface area (Å²) in [5.41, 5.74) is 0.935. The topological polar surface area (TPSA) is 49.3 Å². The minimum atomic E-state index is -0.749. The average Bonchev–Trinajstić information content (AvgIpc) is 2.36. The molecule has 0 saturated heterocycles. The SMILES string of the molecule is CC(CCNCc1ccc(F)c(Cl)c1)CCC(=O)O. The van der Waals surface area contributed by atoms with Crippen molar-refractivity contribution >= 4 is 17.6 Å². The lowest BCUT2D eigenvalue weighted by molar-refractivity contribution is -0.137. The van der Waals surface area contributed by atoms with Crippen LogP contribution in [0.25, 0.3) is 0 Å². The van der Waals surface area contributed by atoms with Gasteiger partial charge in [0.1, 0.15) is 5.82 Å². The Morgan fingerprint density at radius 2 is 2.21 bits per heavy atom. The number of carbonyl (C=O) groups is 1. The van der Waals surface area contributed by atoms with E-state index in [0.717, 1.165) is 18.5 Å². The molecule has 0 spiro atoms. The Kier molecular flexibility index (Phi) is 6.81. The van der Waals surface area contributed by atoms with E-state index in [2.05, 4.69) is 5.32 Å². The van der Waals surface area contributed by atoms with E-state index >= 15 is 0 Å². The summed E-state index contributed by atoms with van der Waals surface area (Å²) in [6.45, 7) is 3.47. The zero-order valence-corrected chi connectivity index (χ0v) is 11.7. The first kappa shape index (κ1) is 15.9. The van der Waals surface area contributed by atoms with Crippen LogP contribution in [0, 0.1) is 11.7 Å². The van der Waals surface area contributed by atoms with Gasteiger partial charge in [-0.1, -0.05) is 24.6 Å². The molecule has 1 aromatic rings. The van der Waals surface area contributed by atoms with Gasteiger partial charge < -0.3 is 10.4 Å². The largest absolute Gasteiger partial charge is 0.481 e. The van der Waals surface area contributed by atoms with Crippen molar-refractivity contribution < 1.29 is 14.3 Å². The van der Waals surface area contributed by atoms with Crippen LogP contribution in [0.1, 0.15) is 31.7 Å². The monoisotopic (exact) mass is 287 g/mol. The Hall–Kier alpha value is -1.13. The van der Waals surface area contributed by atoms with Crippen LogP contribution >= 0.6 is 11.6 Å². The molecule has 0 radical (unpaired) electrons. The smallest absolute Gasteiger partial charge is 0.303 e. The first-order valence-corrected chi connectivity index (χ1v) is 6.73. The number of hydrogen-bond acceptors (Lipinski definition) is 2. The number of carboxylic acid groups (broad SMARTS) is 1. The molecule has 5 heteroatoms. The highest BCUT2D eigenvalue weighted by molar-refractivity contribution is 6.30. The number of nitrogens with one attached hydrogen (secondary N) is 1. The normalized spacial score (nSPS) is 12.4. The Labute approximate surface area is 117 Å². The third-order valence-corrected chi connectivity index (χ3v) is 3.27. The van der Waals surface area contributed by atoms with Crippen molar-refractivity contribution in [1.82, 2.24) is 5.32 Å².